The van der Waals surface area contributed by atoms with Crippen LogP contribution >= 0.6 is 0 Å². The summed E-state index contributed by atoms with van der Waals surface area (Å²) < 4.78 is 16.7. The van der Waals surface area contributed by atoms with Gasteiger partial charge in [-0.1, -0.05) is 32.0 Å². The molecule has 1 aromatic carbocycles. The number of nitrogens with one attached hydrogen (secondary N) is 1. The van der Waals surface area contributed by atoms with E-state index in [-0.39, 0.29) is 5.92 Å². The van der Waals surface area contributed by atoms with Crippen molar-refractivity contribution in [3.8, 4) is 5.75 Å². The summed E-state index contributed by atoms with van der Waals surface area (Å²) in [6, 6.07) is 4.64. The van der Waals surface area contributed by atoms with Crippen LogP contribution in [0.5, 0.6) is 5.75 Å². The van der Waals surface area contributed by atoms with Crippen LogP contribution in [0.1, 0.15) is 89.7 Å². The first-order valence-electron chi connectivity index (χ1n) is 13.4. The lowest BCUT2D eigenvalue weighted by molar-refractivity contribution is -0.139. The Bertz CT molecular complexity index is 1090. The summed E-state index contributed by atoms with van der Waals surface area (Å²) in [6.07, 6.45) is 2.27. The van der Waals surface area contributed by atoms with Gasteiger partial charge in [0, 0.05) is 19.0 Å². The fraction of sp³-hybridized carbons (Fsp3) is 0.643. The molecule has 1 aliphatic heterocycles. The number of carboxylic acids is 1. The zero-order valence-corrected chi connectivity index (χ0v) is 23.6. The van der Waals surface area contributed by atoms with E-state index in [1.807, 2.05) is 0 Å². The lowest BCUT2D eigenvalue weighted by atomic mass is 9.84. The minimum Gasteiger partial charge on any atom is -0.494 e. The second-order valence-electron chi connectivity index (χ2n) is 11.5. The third kappa shape index (κ3) is 8.10. The van der Waals surface area contributed by atoms with Crippen LogP contribution in [0.4, 0.5) is 10.8 Å². The molecule has 1 aliphatic rings. The molecule has 1 amide bonds. The number of hydrogen-bond acceptors (Lipinski definition) is 8. The summed E-state index contributed by atoms with van der Waals surface area (Å²) in [4.78, 5) is 30.7. The highest BCUT2D eigenvalue weighted by Crippen LogP contribution is 2.30. The summed E-state index contributed by atoms with van der Waals surface area (Å²) in [6.45, 7) is 15.7. The lowest BCUT2D eigenvalue weighted by Gasteiger charge is -2.33. The molecule has 10 nitrogen and oxygen atoms in total. The van der Waals surface area contributed by atoms with Crippen LogP contribution in [0.2, 0.25) is 0 Å². The van der Waals surface area contributed by atoms with Gasteiger partial charge in [-0.15, -0.1) is 0 Å². The minimum atomic E-state index is -1.21. The normalized spacial score (nSPS) is 16.3. The van der Waals surface area contributed by atoms with Crippen molar-refractivity contribution in [3.05, 3.63) is 35.2 Å². The Morgan fingerprint density at radius 2 is 1.89 bits per heavy atom. The number of ether oxygens (including phenoxy) is 2. The molecule has 1 saturated heterocycles. The molecule has 0 radical (unpaired) electrons. The second kappa shape index (κ2) is 12.5. The van der Waals surface area contributed by atoms with Crippen LogP contribution in [-0.4, -0.2) is 52.6 Å². The maximum atomic E-state index is 12.1. The van der Waals surface area contributed by atoms with Gasteiger partial charge in [0.25, 0.3) is 0 Å². The van der Waals surface area contributed by atoms with Crippen LogP contribution in [0.25, 0.3) is 0 Å². The fourth-order valence-corrected chi connectivity index (χ4v) is 4.61. The number of amides is 1. The van der Waals surface area contributed by atoms with Gasteiger partial charge in [-0.2, -0.15) is 4.98 Å². The molecule has 2 atom stereocenters. The standard InChI is InChI=1S/C28H42N4O6/c1-17(2)24-30-26(38-31-24)32-13-10-20(11-14-32)18(3)12-15-36-21-8-9-22(19(4)16-21)23(25(33)34)29-27(35)37-28(5,6)7/h8-9,16-18,20,23H,10-15H2,1-7H3,(H,29,35)(H,33,34)/t18-,23?/m1/s1. The number of carbonyl (C=O) groups excluding carboxylic acids is 1. The smallest absolute Gasteiger partial charge is 0.408 e. The topological polar surface area (TPSA) is 127 Å². The molecule has 2 heterocycles. The van der Waals surface area contributed by atoms with Gasteiger partial charge in [-0.25, -0.2) is 9.59 Å². The van der Waals surface area contributed by atoms with E-state index in [1.165, 1.54) is 0 Å². The second-order valence-corrected chi connectivity index (χ2v) is 11.5. The molecule has 0 spiro atoms. The highest BCUT2D eigenvalue weighted by Gasteiger charge is 2.28. The SMILES string of the molecule is Cc1cc(OCC[C@@H](C)C2CCN(c3nc(C(C)C)no3)CC2)ccc1C(NC(=O)OC(C)(C)C)C(=O)O. The molecule has 0 bridgehead atoms. The Morgan fingerprint density at radius 3 is 2.45 bits per heavy atom. The first-order valence-corrected chi connectivity index (χ1v) is 13.4. The van der Waals surface area contributed by atoms with Crippen molar-refractivity contribution in [2.75, 3.05) is 24.6 Å². The van der Waals surface area contributed by atoms with E-state index in [9.17, 15) is 14.7 Å². The molecule has 0 aliphatic carbocycles. The van der Waals surface area contributed by atoms with Gasteiger partial charge in [0.1, 0.15) is 11.4 Å². The van der Waals surface area contributed by atoms with Gasteiger partial charge in [0.2, 0.25) is 0 Å². The highest BCUT2D eigenvalue weighted by molar-refractivity contribution is 5.82. The third-order valence-electron chi connectivity index (χ3n) is 6.86. The Labute approximate surface area is 225 Å². The summed E-state index contributed by atoms with van der Waals surface area (Å²) in [5, 5.41) is 16.2. The number of alkyl carbamates (subject to hydrolysis) is 1. The number of piperidine rings is 1. The van der Waals surface area contributed by atoms with Crippen molar-refractivity contribution in [2.24, 2.45) is 11.8 Å². The molecule has 0 saturated carbocycles. The Kier molecular flexibility index (Phi) is 9.62. The number of aromatic nitrogens is 2. The highest BCUT2D eigenvalue weighted by atomic mass is 16.6. The fourth-order valence-electron chi connectivity index (χ4n) is 4.61. The zero-order chi connectivity index (χ0) is 28.0. The number of benzene rings is 1. The van der Waals surface area contributed by atoms with E-state index in [4.69, 9.17) is 14.0 Å². The van der Waals surface area contributed by atoms with Crippen molar-refractivity contribution in [3.63, 3.8) is 0 Å². The summed E-state index contributed by atoms with van der Waals surface area (Å²) in [5.41, 5.74) is 0.477. The molecule has 2 aromatic rings. The van der Waals surface area contributed by atoms with Crippen LogP contribution in [0.15, 0.2) is 22.7 Å². The minimum absolute atomic E-state index is 0.248. The third-order valence-corrected chi connectivity index (χ3v) is 6.86. The number of anilines is 1. The average molecular weight is 531 g/mol. The quantitative estimate of drug-likeness (QED) is 0.411. The predicted octanol–water partition coefficient (Wildman–Crippen LogP) is 5.47. The molecule has 1 fully saturated rings. The number of nitrogens with zero attached hydrogens (tertiary/aromatic N) is 3. The van der Waals surface area contributed by atoms with E-state index in [0.29, 0.717) is 41.3 Å². The number of aryl methyl sites for hydroxylation is 1. The number of hydrogen-bond donors (Lipinski definition) is 2. The largest absolute Gasteiger partial charge is 0.494 e. The van der Waals surface area contributed by atoms with E-state index in [1.54, 1.807) is 45.9 Å². The number of rotatable bonds is 10. The molecule has 210 valence electrons. The predicted molar refractivity (Wildman–Crippen MR) is 144 cm³/mol. The number of carboxylic acid groups (broad SMARTS) is 1. The van der Waals surface area contributed by atoms with Crippen molar-refractivity contribution >= 4 is 18.1 Å². The van der Waals surface area contributed by atoms with Crippen molar-refractivity contribution in [1.82, 2.24) is 15.5 Å². The number of aliphatic carboxylic acids is 1. The molecular formula is C28H42N4O6. The Morgan fingerprint density at radius 1 is 1.21 bits per heavy atom. The number of carbonyl (C=O) groups is 2. The lowest BCUT2D eigenvalue weighted by Crippen LogP contribution is -2.38. The summed E-state index contributed by atoms with van der Waals surface area (Å²) >= 11 is 0. The summed E-state index contributed by atoms with van der Waals surface area (Å²) in [5.74, 6) is 1.60. The molecule has 38 heavy (non-hydrogen) atoms. The first-order chi connectivity index (χ1) is 17.8. The van der Waals surface area contributed by atoms with E-state index < -0.39 is 23.7 Å². The maximum Gasteiger partial charge on any atom is 0.408 e. The van der Waals surface area contributed by atoms with Gasteiger partial charge in [-0.3, -0.25) is 0 Å². The van der Waals surface area contributed by atoms with Crippen molar-refractivity contribution < 1.29 is 28.7 Å². The molecule has 10 heteroatoms. The monoisotopic (exact) mass is 530 g/mol. The van der Waals surface area contributed by atoms with Crippen LogP contribution in [-0.2, 0) is 9.53 Å². The van der Waals surface area contributed by atoms with Gasteiger partial charge in [0.05, 0.1) is 6.61 Å². The molecular weight excluding hydrogens is 488 g/mol. The van der Waals surface area contributed by atoms with E-state index in [0.717, 1.165) is 38.2 Å². The average Bonchev–Trinajstić information content (AvgIpc) is 3.33. The van der Waals surface area contributed by atoms with Gasteiger partial charge >= 0.3 is 18.1 Å². The zero-order valence-electron chi connectivity index (χ0n) is 23.6. The van der Waals surface area contributed by atoms with Crippen LogP contribution in [0, 0.1) is 18.8 Å². The summed E-state index contributed by atoms with van der Waals surface area (Å²) in [7, 11) is 0. The first kappa shape index (κ1) is 29.3. The van der Waals surface area contributed by atoms with Crippen LogP contribution < -0.4 is 15.0 Å². The van der Waals surface area contributed by atoms with Gasteiger partial charge in [0.15, 0.2) is 11.9 Å². The van der Waals surface area contributed by atoms with Crippen molar-refractivity contribution in [1.29, 1.82) is 0 Å². The Balaban J connectivity index is 1.48. The molecule has 1 unspecified atom stereocenters. The molecule has 2 N–H and O–H groups in total. The maximum absolute atomic E-state index is 12.1. The van der Waals surface area contributed by atoms with E-state index >= 15 is 0 Å². The van der Waals surface area contributed by atoms with Gasteiger partial charge in [-0.05, 0) is 82.1 Å². The van der Waals surface area contributed by atoms with E-state index in [2.05, 4.69) is 41.1 Å². The molecule has 3 rings (SSSR count). The van der Waals surface area contributed by atoms with Crippen LogP contribution in [0.3, 0.4) is 0 Å². The molecule has 1 aromatic heterocycles. The Hall–Kier alpha value is -3.30. The van der Waals surface area contributed by atoms with Gasteiger partial charge < -0.3 is 29.3 Å². The van der Waals surface area contributed by atoms with Crippen molar-refractivity contribution in [2.45, 2.75) is 85.3 Å².